The molecule has 1 fully saturated rings. The van der Waals surface area contributed by atoms with Crippen LogP contribution in [-0.2, 0) is 17.1 Å². The van der Waals surface area contributed by atoms with Crippen LogP contribution in [0.25, 0.3) is 6.08 Å². The summed E-state index contributed by atoms with van der Waals surface area (Å²) in [5, 5.41) is 3.51. The Morgan fingerprint density at radius 1 is 1.23 bits per heavy atom. The second-order valence-electron chi connectivity index (χ2n) is 8.06. The molecule has 2 aliphatic heterocycles. The van der Waals surface area contributed by atoms with Crippen molar-refractivity contribution in [3.63, 3.8) is 0 Å². The van der Waals surface area contributed by atoms with E-state index in [1.165, 1.54) is 12.5 Å². The number of allylic oxidation sites excluding steroid dienone is 1. The Labute approximate surface area is 192 Å². The van der Waals surface area contributed by atoms with E-state index in [1.54, 1.807) is 18.2 Å². The number of rotatable bonds is 4. The van der Waals surface area contributed by atoms with Crippen molar-refractivity contribution >= 4 is 11.8 Å². The molecule has 0 spiro atoms. The Balaban J connectivity index is 0.00000272. The van der Waals surface area contributed by atoms with Gasteiger partial charge in [0.15, 0.2) is 0 Å². The van der Waals surface area contributed by atoms with Crippen molar-refractivity contribution in [2.75, 3.05) is 25.0 Å². The number of likely N-dealkylation sites (tertiary alicyclic amines) is 1. The first-order valence-electron chi connectivity index (χ1n) is 10.3. The summed E-state index contributed by atoms with van der Waals surface area (Å²) in [6.45, 7) is 4.78. The van der Waals surface area contributed by atoms with Gasteiger partial charge in [0.25, 0.3) is 0 Å². The average molecular weight is 469 g/mol. The number of hydrogen-bond donors (Lipinski definition) is 1. The van der Waals surface area contributed by atoms with Crippen molar-refractivity contribution in [3.05, 3.63) is 65.7 Å². The standard InChI is InChI=1S/C24H25F3N2O.Mn/c1-17-7-6-14-29(15-17)21-16-30-22-11-5-3-9-19(22)23(21)28-20-10-4-2-8-18(20)12-13-24(25,26)27;/h2-5,9-12,17,21,23,28H,6-7,14-16H2,1H3;/q-2;+2/t17-,21-,23-;/m0./s1. The minimum atomic E-state index is -4.49. The van der Waals surface area contributed by atoms with E-state index in [-0.39, 0.29) is 29.2 Å². The molecule has 4 rings (SSSR count). The van der Waals surface area contributed by atoms with Crippen molar-refractivity contribution in [2.45, 2.75) is 38.0 Å². The van der Waals surface area contributed by atoms with Crippen molar-refractivity contribution in [1.82, 2.24) is 4.90 Å². The number of hydrogen-bond acceptors (Lipinski definition) is 3. The molecule has 3 atom stereocenters. The summed E-state index contributed by atoms with van der Waals surface area (Å²) < 4.78 is 44.1. The molecule has 165 valence electrons. The monoisotopic (exact) mass is 469 g/mol. The largest absolute Gasteiger partial charge is 2.00 e. The molecule has 2 heterocycles. The molecule has 2 aromatic carbocycles. The topological polar surface area (TPSA) is 24.5 Å². The summed E-state index contributed by atoms with van der Waals surface area (Å²) in [5.74, 6) is 1.43. The van der Waals surface area contributed by atoms with Crippen molar-refractivity contribution in [3.8, 4) is 5.75 Å². The molecule has 2 aliphatic rings. The Morgan fingerprint density at radius 3 is 2.81 bits per heavy atom. The maximum atomic E-state index is 12.7. The third kappa shape index (κ3) is 5.85. The Hall–Kier alpha value is -1.95. The molecule has 0 aliphatic carbocycles. The van der Waals surface area contributed by atoms with Crippen LogP contribution < -0.4 is 10.1 Å². The molecule has 0 amide bonds. The van der Waals surface area contributed by atoms with Gasteiger partial charge in [-0.3, -0.25) is 10.5 Å². The van der Waals surface area contributed by atoms with Gasteiger partial charge in [0, 0.05) is 12.1 Å². The molecule has 0 bridgehead atoms. The van der Waals surface area contributed by atoms with Gasteiger partial charge in [-0.25, -0.2) is 12.1 Å². The zero-order chi connectivity index (χ0) is 21.1. The summed E-state index contributed by atoms with van der Waals surface area (Å²) in [5.41, 5.74) is 1.96. The zero-order valence-electron chi connectivity index (χ0n) is 17.3. The molecule has 7 heteroatoms. The van der Waals surface area contributed by atoms with Crippen molar-refractivity contribution in [2.24, 2.45) is 5.92 Å². The smallest absolute Gasteiger partial charge is 0.491 e. The first-order chi connectivity index (χ1) is 14.4. The van der Waals surface area contributed by atoms with Crippen LogP contribution in [-0.4, -0.2) is 36.8 Å². The number of benzene rings is 2. The average Bonchev–Trinajstić information content (AvgIpc) is 2.73. The molecule has 3 nitrogen and oxygen atoms in total. The van der Waals surface area contributed by atoms with Crippen LogP contribution in [0.4, 0.5) is 18.9 Å². The number of fused-ring (bicyclic) bond motifs is 1. The van der Waals surface area contributed by atoms with Crippen molar-refractivity contribution in [1.29, 1.82) is 0 Å². The van der Waals surface area contributed by atoms with Gasteiger partial charge in [0.1, 0.15) is 12.4 Å². The van der Waals surface area contributed by atoms with Gasteiger partial charge in [0.05, 0.1) is 12.1 Å². The van der Waals surface area contributed by atoms with Gasteiger partial charge in [-0.15, -0.1) is 17.8 Å². The van der Waals surface area contributed by atoms with E-state index in [9.17, 15) is 13.2 Å². The van der Waals surface area contributed by atoms with E-state index in [0.717, 1.165) is 36.9 Å². The molecule has 1 saturated heterocycles. The van der Waals surface area contributed by atoms with Crippen LogP contribution in [0.2, 0.25) is 0 Å². The molecule has 1 radical (unpaired) electrons. The summed E-state index contributed by atoms with van der Waals surface area (Å²) in [7, 11) is 0. The number of anilines is 1. The number of halogens is 3. The third-order valence-corrected chi connectivity index (χ3v) is 5.79. The van der Waals surface area contributed by atoms with E-state index in [0.29, 0.717) is 23.8 Å². The summed E-state index contributed by atoms with van der Waals surface area (Å²) >= 11 is 0. The van der Waals surface area contributed by atoms with Crippen LogP contribution in [0.3, 0.4) is 0 Å². The first kappa shape index (κ1) is 23.7. The molecule has 1 N–H and O–H groups in total. The third-order valence-electron chi connectivity index (χ3n) is 5.79. The maximum absolute atomic E-state index is 12.7. The van der Waals surface area contributed by atoms with Crippen LogP contribution in [0, 0.1) is 18.1 Å². The van der Waals surface area contributed by atoms with Crippen LogP contribution in [0.1, 0.15) is 36.9 Å². The van der Waals surface area contributed by atoms with Gasteiger partial charge < -0.3 is 16.1 Å². The first-order valence-corrected chi connectivity index (χ1v) is 10.3. The van der Waals surface area contributed by atoms with Gasteiger partial charge in [-0.1, -0.05) is 25.1 Å². The van der Waals surface area contributed by atoms with Crippen molar-refractivity contribution < 1.29 is 35.0 Å². The van der Waals surface area contributed by atoms with Crippen LogP contribution in [0.15, 0.2) is 42.5 Å². The number of nitrogens with one attached hydrogen (secondary N) is 1. The van der Waals surface area contributed by atoms with Crippen LogP contribution >= 0.6 is 0 Å². The minimum Gasteiger partial charge on any atom is -0.491 e. The summed E-state index contributed by atoms with van der Waals surface area (Å²) in [6.07, 6.45) is 0.302. The predicted molar refractivity (Wildman–Crippen MR) is 111 cm³/mol. The van der Waals surface area contributed by atoms with E-state index in [1.807, 2.05) is 24.3 Å². The Kier molecular flexibility index (Phi) is 7.73. The number of piperidine rings is 1. The fourth-order valence-corrected chi connectivity index (χ4v) is 4.38. The van der Waals surface area contributed by atoms with Gasteiger partial charge in [-0.05, 0) is 31.4 Å². The fourth-order valence-electron chi connectivity index (χ4n) is 4.38. The zero-order valence-corrected chi connectivity index (χ0v) is 18.4. The predicted octanol–water partition coefficient (Wildman–Crippen LogP) is 5.51. The molecule has 0 aromatic heterocycles. The fraction of sp³-hybridized carbons (Fsp3) is 0.417. The van der Waals surface area contributed by atoms with E-state index in [4.69, 9.17) is 4.74 Å². The van der Waals surface area contributed by atoms with E-state index >= 15 is 0 Å². The van der Waals surface area contributed by atoms with Crippen LogP contribution in [0.5, 0.6) is 5.75 Å². The molecule has 31 heavy (non-hydrogen) atoms. The number of alkyl halides is 3. The maximum Gasteiger partial charge on any atom is 2.00 e. The SMILES string of the molecule is C[C@H]1CCCN([C@H]2COc3ccccc3[C@@H]2Nc2ccc[c-]c2C=[C-]C(F)(F)F)C1.[Mn+2]. The normalized spacial score (nSPS) is 24.2. The quantitative estimate of drug-likeness (QED) is 0.472. The molecular weight excluding hydrogens is 444 g/mol. The molecule has 0 saturated carbocycles. The second-order valence-corrected chi connectivity index (χ2v) is 8.06. The Morgan fingerprint density at radius 2 is 2.03 bits per heavy atom. The number of para-hydroxylation sites is 1. The Bertz CT molecular complexity index is 902. The van der Waals surface area contributed by atoms with Gasteiger partial charge in [-0.2, -0.15) is 19.2 Å². The van der Waals surface area contributed by atoms with E-state index in [2.05, 4.69) is 23.2 Å². The second kappa shape index (κ2) is 10.1. The van der Waals surface area contributed by atoms with Gasteiger partial charge in [0.2, 0.25) is 0 Å². The summed E-state index contributed by atoms with van der Waals surface area (Å²) in [6, 6.07) is 15.9. The number of ether oxygens (including phenoxy) is 1. The molecule has 2 aromatic rings. The number of nitrogens with zero attached hydrogens (tertiary/aromatic N) is 1. The van der Waals surface area contributed by atoms with Gasteiger partial charge >= 0.3 is 23.2 Å². The van der Waals surface area contributed by atoms with E-state index < -0.39 is 6.18 Å². The minimum absolute atomic E-state index is 0. The summed E-state index contributed by atoms with van der Waals surface area (Å²) in [4.78, 5) is 2.45. The molecular formula is C24H25F3MnN2O. The molecule has 0 unspecified atom stereocenters.